The van der Waals surface area contributed by atoms with Gasteiger partial charge in [0.1, 0.15) is 24.5 Å². The van der Waals surface area contributed by atoms with E-state index in [-0.39, 0.29) is 30.2 Å². The lowest BCUT2D eigenvalue weighted by Crippen LogP contribution is -2.12. The molecule has 0 saturated heterocycles. The van der Waals surface area contributed by atoms with Crippen molar-refractivity contribution in [1.82, 2.24) is 15.0 Å². The maximum absolute atomic E-state index is 14.7. The SMILES string of the molecule is COc1ccc(F)c(-c2ncc(COc3cc(C(CC(=O)O)C4CC4)ncn3)cc2CC(C)(C)C)c1. The highest BCUT2D eigenvalue weighted by Gasteiger charge is 2.35. The number of hydrogen-bond donors (Lipinski definition) is 1. The molecule has 2 heterocycles. The van der Waals surface area contributed by atoms with Crippen molar-refractivity contribution in [2.75, 3.05) is 7.11 Å². The fourth-order valence-electron chi connectivity index (χ4n) is 4.39. The number of carboxylic acids is 1. The van der Waals surface area contributed by atoms with Gasteiger partial charge in [0, 0.05) is 29.3 Å². The molecule has 0 aliphatic heterocycles. The van der Waals surface area contributed by atoms with Crippen LogP contribution in [0.2, 0.25) is 0 Å². The van der Waals surface area contributed by atoms with Crippen molar-refractivity contribution in [2.24, 2.45) is 11.3 Å². The molecule has 36 heavy (non-hydrogen) atoms. The van der Waals surface area contributed by atoms with Crippen LogP contribution in [0.5, 0.6) is 11.6 Å². The number of rotatable bonds is 10. The number of ether oxygens (including phenoxy) is 2. The van der Waals surface area contributed by atoms with Crippen LogP contribution in [0.1, 0.15) is 62.8 Å². The first-order valence-corrected chi connectivity index (χ1v) is 12.1. The first-order chi connectivity index (χ1) is 17.1. The molecule has 1 aliphatic carbocycles. The Kier molecular flexibility index (Phi) is 7.52. The molecule has 1 aromatic carbocycles. The summed E-state index contributed by atoms with van der Waals surface area (Å²) in [6, 6.07) is 8.36. The van der Waals surface area contributed by atoms with Crippen LogP contribution in [0.4, 0.5) is 4.39 Å². The normalized spacial score (nSPS) is 14.4. The predicted molar refractivity (Wildman–Crippen MR) is 133 cm³/mol. The molecule has 1 N–H and O–H groups in total. The lowest BCUT2D eigenvalue weighted by Gasteiger charge is -2.21. The van der Waals surface area contributed by atoms with Crippen LogP contribution in [0.3, 0.4) is 0 Å². The molecule has 190 valence electrons. The Morgan fingerprint density at radius 3 is 2.61 bits per heavy atom. The largest absolute Gasteiger partial charge is 0.497 e. The smallest absolute Gasteiger partial charge is 0.304 e. The molecule has 2 aromatic heterocycles. The number of carbonyl (C=O) groups is 1. The van der Waals surface area contributed by atoms with Gasteiger partial charge in [-0.15, -0.1) is 0 Å². The molecule has 8 heteroatoms. The number of halogens is 1. The molecular formula is C28H32FN3O4. The van der Waals surface area contributed by atoms with Gasteiger partial charge in [-0.1, -0.05) is 20.8 Å². The Morgan fingerprint density at radius 2 is 1.94 bits per heavy atom. The van der Waals surface area contributed by atoms with E-state index in [1.807, 2.05) is 6.07 Å². The van der Waals surface area contributed by atoms with E-state index in [2.05, 4.69) is 35.7 Å². The van der Waals surface area contributed by atoms with Crippen molar-refractivity contribution in [1.29, 1.82) is 0 Å². The Morgan fingerprint density at radius 1 is 1.17 bits per heavy atom. The van der Waals surface area contributed by atoms with E-state index < -0.39 is 5.97 Å². The molecule has 4 rings (SSSR count). The van der Waals surface area contributed by atoms with Crippen LogP contribution < -0.4 is 9.47 Å². The van der Waals surface area contributed by atoms with Gasteiger partial charge < -0.3 is 14.6 Å². The summed E-state index contributed by atoms with van der Waals surface area (Å²) in [6.07, 6.45) is 5.86. The minimum absolute atomic E-state index is 0.0451. The lowest BCUT2D eigenvalue weighted by atomic mass is 9.86. The maximum Gasteiger partial charge on any atom is 0.304 e. The van der Waals surface area contributed by atoms with E-state index in [4.69, 9.17) is 9.47 Å². The van der Waals surface area contributed by atoms with E-state index in [9.17, 15) is 14.3 Å². The van der Waals surface area contributed by atoms with Gasteiger partial charge >= 0.3 is 5.97 Å². The highest BCUT2D eigenvalue weighted by molar-refractivity contribution is 5.68. The minimum Gasteiger partial charge on any atom is -0.497 e. The summed E-state index contributed by atoms with van der Waals surface area (Å²) < 4.78 is 26.0. The third-order valence-corrected chi connectivity index (χ3v) is 6.19. The number of benzene rings is 1. The third kappa shape index (κ3) is 6.56. The van der Waals surface area contributed by atoms with Gasteiger partial charge in [-0.3, -0.25) is 9.78 Å². The number of pyridine rings is 1. The van der Waals surface area contributed by atoms with Crippen LogP contribution in [-0.2, 0) is 17.8 Å². The Hall–Kier alpha value is -3.55. The van der Waals surface area contributed by atoms with Crippen molar-refractivity contribution < 1.29 is 23.8 Å². The number of carboxylic acid groups (broad SMARTS) is 1. The van der Waals surface area contributed by atoms with Gasteiger partial charge in [-0.2, -0.15) is 0 Å². The summed E-state index contributed by atoms with van der Waals surface area (Å²) in [5.74, 6) is -0.0336. The Labute approximate surface area is 210 Å². The number of aromatic nitrogens is 3. The molecular weight excluding hydrogens is 461 g/mol. The fraction of sp³-hybridized carbons (Fsp3) is 0.429. The van der Waals surface area contributed by atoms with E-state index in [0.29, 0.717) is 40.9 Å². The second-order valence-electron chi connectivity index (χ2n) is 10.5. The van der Waals surface area contributed by atoms with Gasteiger partial charge in [0.2, 0.25) is 5.88 Å². The number of hydrogen-bond acceptors (Lipinski definition) is 6. The van der Waals surface area contributed by atoms with Crippen molar-refractivity contribution in [3.05, 3.63) is 65.5 Å². The summed E-state index contributed by atoms with van der Waals surface area (Å²) in [4.78, 5) is 24.5. The Bertz CT molecular complexity index is 1240. The first-order valence-electron chi connectivity index (χ1n) is 12.1. The van der Waals surface area contributed by atoms with E-state index in [1.54, 1.807) is 31.5 Å². The number of methoxy groups -OCH3 is 1. The zero-order chi connectivity index (χ0) is 25.9. The van der Waals surface area contributed by atoms with Crippen molar-refractivity contribution in [2.45, 2.75) is 59.0 Å². The second-order valence-corrected chi connectivity index (χ2v) is 10.5. The molecule has 0 amide bonds. The van der Waals surface area contributed by atoms with Gasteiger partial charge in [-0.05, 0) is 60.4 Å². The minimum atomic E-state index is -0.835. The molecule has 1 atom stereocenters. The molecule has 3 aromatic rings. The fourth-order valence-corrected chi connectivity index (χ4v) is 4.39. The van der Waals surface area contributed by atoms with Crippen molar-refractivity contribution in [3.63, 3.8) is 0 Å². The summed E-state index contributed by atoms with van der Waals surface area (Å²) >= 11 is 0. The highest BCUT2D eigenvalue weighted by atomic mass is 19.1. The molecule has 0 radical (unpaired) electrons. The molecule has 7 nitrogen and oxygen atoms in total. The van der Waals surface area contributed by atoms with E-state index in [0.717, 1.165) is 24.0 Å². The van der Waals surface area contributed by atoms with Crippen molar-refractivity contribution >= 4 is 5.97 Å². The van der Waals surface area contributed by atoms with Gasteiger partial charge in [0.15, 0.2) is 0 Å². The number of nitrogens with zero attached hydrogens (tertiary/aromatic N) is 3. The summed E-state index contributed by atoms with van der Waals surface area (Å²) in [7, 11) is 1.55. The average Bonchev–Trinajstić information content (AvgIpc) is 3.66. The third-order valence-electron chi connectivity index (χ3n) is 6.19. The molecule has 1 aliphatic rings. The molecule has 1 saturated carbocycles. The highest BCUT2D eigenvalue weighted by Crippen LogP contribution is 2.44. The van der Waals surface area contributed by atoms with E-state index >= 15 is 0 Å². The van der Waals surface area contributed by atoms with Crippen LogP contribution in [0.25, 0.3) is 11.3 Å². The monoisotopic (exact) mass is 493 g/mol. The van der Waals surface area contributed by atoms with Crippen molar-refractivity contribution in [3.8, 4) is 22.9 Å². The average molecular weight is 494 g/mol. The van der Waals surface area contributed by atoms with Crippen LogP contribution in [0.15, 0.2) is 42.9 Å². The Balaban J connectivity index is 1.57. The standard InChI is InChI=1S/C28H32FN3O4/c1-28(2,3)13-19-9-17(14-30-27(19)22-10-20(35-4)7-8-23(22)29)15-36-25-12-24(31-16-32-25)21(11-26(33)34)18-5-6-18/h7-10,12,14,16,18,21H,5-6,11,13,15H2,1-4H3,(H,33,34). The van der Waals surface area contributed by atoms with Crippen LogP contribution in [0, 0.1) is 17.2 Å². The second kappa shape index (κ2) is 10.6. The van der Waals surface area contributed by atoms with Crippen LogP contribution in [-0.4, -0.2) is 33.1 Å². The predicted octanol–water partition coefficient (Wildman–Crippen LogP) is 5.82. The topological polar surface area (TPSA) is 94.4 Å². The maximum atomic E-state index is 14.7. The summed E-state index contributed by atoms with van der Waals surface area (Å²) in [6.45, 7) is 6.58. The first kappa shape index (κ1) is 25.5. The summed E-state index contributed by atoms with van der Waals surface area (Å²) in [5.41, 5.74) is 3.36. The summed E-state index contributed by atoms with van der Waals surface area (Å²) in [5, 5.41) is 9.29. The lowest BCUT2D eigenvalue weighted by molar-refractivity contribution is -0.137. The van der Waals surface area contributed by atoms with Gasteiger partial charge in [0.05, 0.1) is 24.9 Å². The molecule has 0 spiro atoms. The molecule has 0 bridgehead atoms. The van der Waals surface area contributed by atoms with E-state index in [1.165, 1.54) is 12.4 Å². The quantitative estimate of drug-likeness (QED) is 0.380. The zero-order valence-electron chi connectivity index (χ0n) is 21.1. The zero-order valence-corrected chi connectivity index (χ0v) is 21.1. The van der Waals surface area contributed by atoms with Gasteiger partial charge in [-0.25, -0.2) is 14.4 Å². The van der Waals surface area contributed by atoms with Gasteiger partial charge in [0.25, 0.3) is 0 Å². The van der Waals surface area contributed by atoms with Crippen LogP contribution >= 0.6 is 0 Å². The molecule has 1 fully saturated rings. The number of aliphatic carboxylic acids is 1. The molecule has 1 unspecified atom stereocenters.